The normalized spacial score (nSPS) is 15.6. The fourth-order valence-electron chi connectivity index (χ4n) is 3.62. The van der Waals surface area contributed by atoms with Crippen molar-refractivity contribution in [2.75, 3.05) is 0 Å². The first-order valence-corrected chi connectivity index (χ1v) is 9.97. The highest BCUT2D eigenvalue weighted by molar-refractivity contribution is 9.10. The molecule has 1 heterocycles. The zero-order valence-corrected chi connectivity index (χ0v) is 16.4. The number of halogens is 1. The number of aromatic nitrogens is 2. The molecule has 1 aliphatic carbocycles. The summed E-state index contributed by atoms with van der Waals surface area (Å²) >= 11 is 3.42. The number of nitrogens with zero attached hydrogens (tertiary/aromatic N) is 3. The van der Waals surface area contributed by atoms with Crippen LogP contribution < -0.4 is 5.56 Å². The number of rotatable bonds is 3. The molecule has 1 fully saturated rings. The van der Waals surface area contributed by atoms with Gasteiger partial charge in [0.25, 0.3) is 5.56 Å². The van der Waals surface area contributed by atoms with Crippen molar-refractivity contribution < 1.29 is 5.11 Å². The van der Waals surface area contributed by atoms with Gasteiger partial charge in [-0.25, -0.2) is 4.98 Å². The first-order chi connectivity index (χ1) is 13.1. The molecular formula is C21H20BrN3O2. The molecule has 0 saturated heterocycles. The van der Waals surface area contributed by atoms with Gasteiger partial charge < -0.3 is 5.11 Å². The molecule has 0 aliphatic heterocycles. The summed E-state index contributed by atoms with van der Waals surface area (Å²) in [5.74, 6) is 1.06. The number of benzene rings is 2. The van der Waals surface area contributed by atoms with Crippen molar-refractivity contribution in [2.24, 2.45) is 5.10 Å². The van der Waals surface area contributed by atoms with Crippen molar-refractivity contribution in [2.45, 2.75) is 38.0 Å². The standard InChI is InChI=1S/C21H20BrN3O2/c22-16-10-11-18-17(12-16)21(27)25(20(24-18)14-6-2-1-3-7-14)23-13-15-8-4-5-9-19(15)26/h4-5,8-14,26H,1-3,6-7H2. The van der Waals surface area contributed by atoms with Crippen molar-refractivity contribution >= 4 is 33.0 Å². The molecular weight excluding hydrogens is 406 g/mol. The third-order valence-corrected chi connectivity index (χ3v) is 5.55. The maximum absolute atomic E-state index is 13.2. The molecule has 3 aromatic rings. The predicted octanol–water partition coefficient (Wildman–Crippen LogP) is 4.79. The van der Waals surface area contributed by atoms with Gasteiger partial charge in [-0.1, -0.05) is 47.3 Å². The minimum atomic E-state index is -0.187. The van der Waals surface area contributed by atoms with E-state index in [1.807, 2.05) is 18.2 Å². The number of phenolic OH excluding ortho intramolecular Hbond substituents is 1. The average molecular weight is 426 g/mol. The van der Waals surface area contributed by atoms with Crippen LogP contribution >= 0.6 is 15.9 Å². The molecule has 0 unspecified atom stereocenters. The van der Waals surface area contributed by atoms with Gasteiger partial charge in [0.15, 0.2) is 0 Å². The van der Waals surface area contributed by atoms with E-state index < -0.39 is 0 Å². The Morgan fingerprint density at radius 3 is 2.70 bits per heavy atom. The van der Waals surface area contributed by atoms with Gasteiger partial charge in [-0.3, -0.25) is 4.79 Å². The molecule has 27 heavy (non-hydrogen) atoms. The number of aromatic hydroxyl groups is 1. The fraction of sp³-hybridized carbons (Fsp3) is 0.286. The lowest BCUT2D eigenvalue weighted by molar-refractivity contribution is 0.416. The van der Waals surface area contributed by atoms with E-state index in [1.165, 1.54) is 17.3 Å². The van der Waals surface area contributed by atoms with Crippen LogP contribution in [0.5, 0.6) is 5.75 Å². The lowest BCUT2D eigenvalue weighted by Gasteiger charge is -2.22. The van der Waals surface area contributed by atoms with E-state index in [1.54, 1.807) is 24.3 Å². The molecule has 1 N–H and O–H groups in total. The third kappa shape index (κ3) is 3.67. The van der Waals surface area contributed by atoms with Crippen LogP contribution in [0.25, 0.3) is 10.9 Å². The minimum absolute atomic E-state index is 0.130. The molecule has 1 saturated carbocycles. The molecule has 0 bridgehead atoms. The van der Waals surface area contributed by atoms with Gasteiger partial charge in [-0.15, -0.1) is 0 Å². The quantitative estimate of drug-likeness (QED) is 0.613. The van der Waals surface area contributed by atoms with Crippen LogP contribution in [-0.2, 0) is 0 Å². The van der Waals surface area contributed by atoms with Gasteiger partial charge in [0.05, 0.1) is 17.1 Å². The first-order valence-electron chi connectivity index (χ1n) is 9.18. The van der Waals surface area contributed by atoms with Gasteiger partial charge >= 0.3 is 0 Å². The Labute approximate surface area is 165 Å². The maximum atomic E-state index is 13.2. The van der Waals surface area contributed by atoms with Crippen molar-refractivity contribution in [3.05, 3.63) is 68.7 Å². The van der Waals surface area contributed by atoms with Crippen LogP contribution in [0.3, 0.4) is 0 Å². The smallest absolute Gasteiger partial charge is 0.282 e. The monoisotopic (exact) mass is 425 g/mol. The predicted molar refractivity (Wildman–Crippen MR) is 111 cm³/mol. The summed E-state index contributed by atoms with van der Waals surface area (Å²) in [7, 11) is 0. The van der Waals surface area contributed by atoms with E-state index in [-0.39, 0.29) is 17.2 Å². The molecule has 0 radical (unpaired) electrons. The van der Waals surface area contributed by atoms with Crippen LogP contribution in [0, 0.1) is 0 Å². The van der Waals surface area contributed by atoms with Gasteiger partial charge in [0, 0.05) is 16.0 Å². The van der Waals surface area contributed by atoms with E-state index >= 15 is 0 Å². The summed E-state index contributed by atoms with van der Waals surface area (Å²) < 4.78 is 2.24. The number of phenols is 1. The van der Waals surface area contributed by atoms with Gasteiger partial charge in [0.1, 0.15) is 11.6 Å². The maximum Gasteiger partial charge on any atom is 0.282 e. The van der Waals surface area contributed by atoms with E-state index in [0.29, 0.717) is 22.3 Å². The highest BCUT2D eigenvalue weighted by Gasteiger charge is 2.22. The molecule has 1 aliphatic rings. The number of hydrogen-bond donors (Lipinski definition) is 1. The second-order valence-electron chi connectivity index (χ2n) is 6.89. The van der Waals surface area contributed by atoms with Crippen LogP contribution in [0.4, 0.5) is 0 Å². The van der Waals surface area contributed by atoms with Crippen molar-refractivity contribution in [1.29, 1.82) is 0 Å². The Kier molecular flexibility index (Phi) is 5.07. The van der Waals surface area contributed by atoms with Crippen molar-refractivity contribution in [3.8, 4) is 5.75 Å². The molecule has 138 valence electrons. The van der Waals surface area contributed by atoms with Crippen molar-refractivity contribution in [1.82, 2.24) is 9.66 Å². The largest absolute Gasteiger partial charge is 0.507 e. The second kappa shape index (κ2) is 7.64. The van der Waals surface area contributed by atoms with E-state index in [2.05, 4.69) is 21.0 Å². The zero-order chi connectivity index (χ0) is 18.8. The topological polar surface area (TPSA) is 67.5 Å². The molecule has 0 atom stereocenters. The third-order valence-electron chi connectivity index (χ3n) is 5.05. The number of hydrogen-bond acceptors (Lipinski definition) is 4. The Morgan fingerprint density at radius 2 is 1.93 bits per heavy atom. The summed E-state index contributed by atoms with van der Waals surface area (Å²) in [6.07, 6.45) is 7.06. The van der Waals surface area contributed by atoms with Gasteiger partial charge in [-0.05, 0) is 43.2 Å². The molecule has 0 amide bonds. The first kappa shape index (κ1) is 17.9. The molecule has 6 heteroatoms. The Balaban J connectivity index is 1.88. The second-order valence-corrected chi connectivity index (χ2v) is 7.80. The summed E-state index contributed by atoms with van der Waals surface area (Å²) in [4.78, 5) is 18.0. The minimum Gasteiger partial charge on any atom is -0.507 e. The molecule has 5 nitrogen and oxygen atoms in total. The molecule has 4 rings (SSSR count). The molecule has 0 spiro atoms. The number of fused-ring (bicyclic) bond motifs is 1. The lowest BCUT2D eigenvalue weighted by atomic mass is 9.88. The highest BCUT2D eigenvalue weighted by Crippen LogP contribution is 2.32. The van der Waals surface area contributed by atoms with E-state index in [0.717, 1.165) is 30.2 Å². The fourth-order valence-corrected chi connectivity index (χ4v) is 3.98. The van der Waals surface area contributed by atoms with Gasteiger partial charge in [-0.2, -0.15) is 9.78 Å². The summed E-state index contributed by atoms with van der Waals surface area (Å²) in [6, 6.07) is 12.5. The Bertz CT molecular complexity index is 1070. The zero-order valence-electron chi connectivity index (χ0n) is 14.8. The Morgan fingerprint density at radius 1 is 1.15 bits per heavy atom. The van der Waals surface area contributed by atoms with Crippen LogP contribution in [0.15, 0.2) is 56.8 Å². The Hall–Kier alpha value is -2.47. The number of para-hydroxylation sites is 1. The molecule has 1 aromatic heterocycles. The van der Waals surface area contributed by atoms with Crippen LogP contribution in [-0.4, -0.2) is 21.0 Å². The van der Waals surface area contributed by atoms with Crippen molar-refractivity contribution in [3.63, 3.8) is 0 Å². The van der Waals surface area contributed by atoms with E-state index in [9.17, 15) is 9.90 Å². The van der Waals surface area contributed by atoms with Gasteiger partial charge in [0.2, 0.25) is 0 Å². The summed E-state index contributed by atoms with van der Waals surface area (Å²) in [6.45, 7) is 0. The van der Waals surface area contributed by atoms with Crippen LogP contribution in [0.1, 0.15) is 49.4 Å². The summed E-state index contributed by atoms with van der Waals surface area (Å²) in [5.41, 5.74) is 1.07. The van der Waals surface area contributed by atoms with E-state index in [4.69, 9.17) is 4.98 Å². The average Bonchev–Trinajstić information content (AvgIpc) is 2.69. The summed E-state index contributed by atoms with van der Waals surface area (Å²) in [5, 5.41) is 14.9. The van der Waals surface area contributed by atoms with Crippen LogP contribution in [0.2, 0.25) is 0 Å². The lowest BCUT2D eigenvalue weighted by Crippen LogP contribution is -2.25. The molecule has 2 aromatic carbocycles. The highest BCUT2D eigenvalue weighted by atomic mass is 79.9. The SMILES string of the molecule is O=c1c2cc(Br)ccc2nc(C2CCCCC2)n1N=Cc1ccccc1O.